The number of hydrogen-bond acceptors (Lipinski definition) is 2. The van der Waals surface area contributed by atoms with Crippen LogP contribution in [0.15, 0.2) is 0 Å². The van der Waals surface area contributed by atoms with Crippen LogP contribution < -0.4 is 0 Å². The van der Waals surface area contributed by atoms with Crippen LogP contribution in [-0.4, -0.2) is 18.0 Å². The van der Waals surface area contributed by atoms with Gasteiger partial charge in [-0.2, -0.15) is 0 Å². The predicted octanol–water partition coefficient (Wildman–Crippen LogP) is 2.65. The Bertz CT molecular complexity index is 340. The number of rotatable bonds is 2. The lowest BCUT2D eigenvalue weighted by atomic mass is 9.65. The molecule has 17 heavy (non-hydrogen) atoms. The Balaban J connectivity index is 2.06. The molecule has 6 atom stereocenters. The number of aliphatic hydroxyl groups excluding tert-OH is 1. The van der Waals surface area contributed by atoms with Crippen LogP contribution in [0.4, 0.5) is 0 Å². The van der Waals surface area contributed by atoms with Crippen molar-refractivity contribution in [1.82, 2.24) is 0 Å². The third kappa shape index (κ3) is 1.28. The van der Waals surface area contributed by atoms with Gasteiger partial charge >= 0.3 is 0 Å². The van der Waals surface area contributed by atoms with Crippen molar-refractivity contribution in [3.8, 4) is 0 Å². The van der Waals surface area contributed by atoms with Gasteiger partial charge in [-0.05, 0) is 54.3 Å². The second-order valence-corrected chi connectivity index (χ2v) is 7.21. The van der Waals surface area contributed by atoms with E-state index in [2.05, 4.69) is 13.8 Å². The van der Waals surface area contributed by atoms with E-state index >= 15 is 0 Å². The van der Waals surface area contributed by atoms with Crippen LogP contribution in [0, 0.1) is 34.5 Å². The van der Waals surface area contributed by atoms with Crippen LogP contribution in [0.2, 0.25) is 0 Å². The molecule has 0 aromatic carbocycles. The second-order valence-electron chi connectivity index (χ2n) is 7.21. The zero-order valence-corrected chi connectivity index (χ0v) is 11.0. The van der Waals surface area contributed by atoms with Crippen molar-refractivity contribution in [2.24, 2.45) is 34.5 Å². The molecule has 0 saturated heterocycles. The Labute approximate surface area is 104 Å². The molecule has 2 heteroatoms. The van der Waals surface area contributed by atoms with E-state index in [9.17, 15) is 9.90 Å². The molecule has 3 rings (SSSR count). The molecule has 0 aliphatic heterocycles. The van der Waals surface area contributed by atoms with Gasteiger partial charge < -0.3 is 9.90 Å². The molecule has 0 aromatic heterocycles. The largest absolute Gasteiger partial charge is 0.396 e. The van der Waals surface area contributed by atoms with Crippen LogP contribution in [0.3, 0.4) is 0 Å². The lowest BCUT2D eigenvalue weighted by Crippen LogP contribution is -2.35. The SMILES string of the molecule is C[C@@]1(CO)CCC[C@]2(C)[C@H](C=O)[C@H]3CC[C@H]2[C@H]31. The molecule has 0 radical (unpaired) electrons. The summed E-state index contributed by atoms with van der Waals surface area (Å²) >= 11 is 0. The van der Waals surface area contributed by atoms with Crippen molar-refractivity contribution in [2.45, 2.75) is 46.0 Å². The molecule has 3 saturated carbocycles. The quantitative estimate of drug-likeness (QED) is 0.748. The average Bonchev–Trinajstić information content (AvgIpc) is 2.79. The average molecular weight is 236 g/mol. The van der Waals surface area contributed by atoms with Gasteiger partial charge in [-0.25, -0.2) is 0 Å². The minimum atomic E-state index is 0.0708. The molecular formula is C15H24O2. The first-order valence-electron chi connectivity index (χ1n) is 7.13. The fraction of sp³-hybridized carbons (Fsp3) is 0.933. The van der Waals surface area contributed by atoms with Gasteiger partial charge in [0, 0.05) is 12.5 Å². The molecule has 1 N–H and O–H groups in total. The monoisotopic (exact) mass is 236 g/mol. The van der Waals surface area contributed by atoms with E-state index in [0.717, 1.165) is 6.42 Å². The summed E-state index contributed by atoms with van der Waals surface area (Å²) in [6.45, 7) is 4.89. The van der Waals surface area contributed by atoms with Gasteiger partial charge in [0.05, 0.1) is 0 Å². The van der Waals surface area contributed by atoms with Gasteiger partial charge in [-0.15, -0.1) is 0 Å². The van der Waals surface area contributed by atoms with E-state index in [1.54, 1.807) is 0 Å². The first kappa shape index (κ1) is 11.7. The summed E-state index contributed by atoms with van der Waals surface area (Å²) in [4.78, 5) is 11.5. The minimum Gasteiger partial charge on any atom is -0.396 e. The lowest BCUT2D eigenvalue weighted by Gasteiger charge is -2.38. The molecule has 2 nitrogen and oxygen atoms in total. The van der Waals surface area contributed by atoms with Gasteiger partial charge in [0.15, 0.2) is 0 Å². The number of aliphatic hydroxyl groups is 1. The standard InChI is InChI=1S/C15H24O2/c1-14(9-17)6-3-7-15(2)11-5-4-10(13(11)14)12(15)8-16/h8,10-13,17H,3-7,9H2,1-2H3/t10-,11+,12-,13+,14+,15+/m1/s1. The van der Waals surface area contributed by atoms with E-state index in [1.165, 1.54) is 32.0 Å². The van der Waals surface area contributed by atoms with Crippen molar-refractivity contribution in [2.75, 3.05) is 6.61 Å². The highest BCUT2D eigenvalue weighted by Crippen LogP contribution is 2.70. The van der Waals surface area contributed by atoms with Crippen molar-refractivity contribution >= 4 is 6.29 Å². The maximum atomic E-state index is 11.5. The van der Waals surface area contributed by atoms with E-state index < -0.39 is 0 Å². The second kappa shape index (κ2) is 3.57. The third-order valence-corrected chi connectivity index (χ3v) is 6.55. The topological polar surface area (TPSA) is 37.3 Å². The molecule has 0 unspecified atom stereocenters. The first-order valence-corrected chi connectivity index (χ1v) is 7.13. The van der Waals surface area contributed by atoms with Crippen molar-refractivity contribution < 1.29 is 9.90 Å². The molecule has 0 aromatic rings. The highest BCUT2D eigenvalue weighted by Gasteiger charge is 2.65. The minimum absolute atomic E-state index is 0.0708. The van der Waals surface area contributed by atoms with E-state index in [4.69, 9.17) is 0 Å². The van der Waals surface area contributed by atoms with Gasteiger partial charge in [0.1, 0.15) is 6.29 Å². The number of aldehydes is 1. The number of carbonyl (C=O) groups is 1. The summed E-state index contributed by atoms with van der Waals surface area (Å²) in [5.41, 5.74) is 0.309. The fourth-order valence-corrected chi connectivity index (χ4v) is 5.74. The summed E-state index contributed by atoms with van der Waals surface area (Å²) in [5, 5.41) is 9.81. The fourth-order valence-electron chi connectivity index (χ4n) is 5.74. The molecule has 4 bridgehead atoms. The molecular weight excluding hydrogens is 212 g/mol. The normalized spacial score (nSPS) is 56.9. The predicted molar refractivity (Wildman–Crippen MR) is 66.4 cm³/mol. The van der Waals surface area contributed by atoms with Crippen LogP contribution >= 0.6 is 0 Å². The van der Waals surface area contributed by atoms with E-state index in [-0.39, 0.29) is 16.7 Å². The van der Waals surface area contributed by atoms with Crippen molar-refractivity contribution in [3.05, 3.63) is 0 Å². The Morgan fingerprint density at radius 3 is 2.71 bits per heavy atom. The molecule has 3 aliphatic rings. The van der Waals surface area contributed by atoms with Gasteiger partial charge in [-0.3, -0.25) is 0 Å². The summed E-state index contributed by atoms with van der Waals surface area (Å²) < 4.78 is 0. The summed E-state index contributed by atoms with van der Waals surface area (Å²) in [6, 6.07) is 0. The van der Waals surface area contributed by atoms with Crippen molar-refractivity contribution in [3.63, 3.8) is 0 Å². The maximum Gasteiger partial charge on any atom is 0.123 e. The molecule has 0 spiro atoms. The van der Waals surface area contributed by atoms with E-state index in [0.29, 0.717) is 24.4 Å². The third-order valence-electron chi connectivity index (χ3n) is 6.55. The summed E-state index contributed by atoms with van der Waals surface area (Å²) in [5.74, 6) is 2.09. The van der Waals surface area contributed by atoms with Gasteiger partial charge in [-0.1, -0.05) is 20.3 Å². The molecule has 0 amide bonds. The Kier molecular flexibility index (Phi) is 2.46. The molecule has 3 fully saturated rings. The van der Waals surface area contributed by atoms with Crippen LogP contribution in [-0.2, 0) is 4.79 Å². The maximum absolute atomic E-state index is 11.5. The number of hydrogen-bond donors (Lipinski definition) is 1. The zero-order valence-electron chi connectivity index (χ0n) is 11.0. The van der Waals surface area contributed by atoms with E-state index in [1.807, 2.05) is 0 Å². The summed E-state index contributed by atoms with van der Waals surface area (Å²) in [7, 11) is 0. The van der Waals surface area contributed by atoms with Crippen LogP contribution in [0.25, 0.3) is 0 Å². The smallest absolute Gasteiger partial charge is 0.123 e. The highest BCUT2D eigenvalue weighted by atomic mass is 16.3. The van der Waals surface area contributed by atoms with Crippen LogP contribution in [0.5, 0.6) is 0 Å². The van der Waals surface area contributed by atoms with Gasteiger partial charge in [0.25, 0.3) is 0 Å². The van der Waals surface area contributed by atoms with Gasteiger partial charge in [0.2, 0.25) is 0 Å². The van der Waals surface area contributed by atoms with Crippen molar-refractivity contribution in [1.29, 1.82) is 0 Å². The van der Waals surface area contributed by atoms with Crippen LogP contribution in [0.1, 0.15) is 46.0 Å². The Hall–Kier alpha value is -0.370. The highest BCUT2D eigenvalue weighted by molar-refractivity contribution is 5.58. The number of carbonyl (C=O) groups excluding carboxylic acids is 1. The Morgan fingerprint density at radius 1 is 1.29 bits per heavy atom. The first-order chi connectivity index (χ1) is 8.07. The zero-order chi connectivity index (χ0) is 12.3. The Morgan fingerprint density at radius 2 is 2.06 bits per heavy atom. The molecule has 96 valence electrons. The summed E-state index contributed by atoms with van der Waals surface area (Å²) in [6.07, 6.45) is 7.24. The molecule has 0 heterocycles. The molecule has 3 aliphatic carbocycles. The lowest BCUT2D eigenvalue weighted by molar-refractivity contribution is -0.117.